The zero-order valence-electron chi connectivity index (χ0n) is 16.3. The summed E-state index contributed by atoms with van der Waals surface area (Å²) in [6.45, 7) is -0.341. The highest BCUT2D eigenvalue weighted by Gasteiger charge is 2.34. The third-order valence-corrected chi connectivity index (χ3v) is 7.35. The van der Waals surface area contributed by atoms with Gasteiger partial charge in [0.05, 0.1) is 15.9 Å². The molecule has 0 spiro atoms. The zero-order chi connectivity index (χ0) is 22.6. The quantitative estimate of drug-likeness (QED) is 0.266. The maximum absolute atomic E-state index is 12.9. The molecule has 1 fully saturated rings. The minimum atomic E-state index is -4.07. The van der Waals surface area contributed by atoms with Crippen molar-refractivity contribution in [2.75, 3.05) is 19.7 Å². The highest BCUT2D eigenvalue weighted by atomic mass is 35.5. The highest BCUT2D eigenvalue weighted by molar-refractivity contribution is 7.89. The molecule has 0 radical (unpaired) electrons. The number of sulfonamides is 1. The summed E-state index contributed by atoms with van der Waals surface area (Å²) < 4.78 is 32.0. The number of ketones is 1. The van der Waals surface area contributed by atoms with Crippen LogP contribution >= 0.6 is 11.6 Å². The second-order valence-electron chi connectivity index (χ2n) is 6.95. The van der Waals surface area contributed by atoms with Crippen molar-refractivity contribution in [2.45, 2.75) is 17.7 Å². The number of rotatable bonds is 7. The Labute approximate surface area is 183 Å². The van der Waals surface area contributed by atoms with E-state index in [0.29, 0.717) is 5.56 Å². The number of nitrogens with zero attached hydrogens (tertiary/aromatic N) is 2. The molecule has 0 N–H and O–H groups in total. The first-order valence-corrected chi connectivity index (χ1v) is 11.2. The summed E-state index contributed by atoms with van der Waals surface area (Å²) in [6.07, 6.45) is 0.397. The van der Waals surface area contributed by atoms with Crippen LogP contribution in [-0.2, 0) is 19.6 Å². The van der Waals surface area contributed by atoms with Crippen LogP contribution in [0.15, 0.2) is 53.4 Å². The molecule has 9 nitrogen and oxygen atoms in total. The van der Waals surface area contributed by atoms with Gasteiger partial charge in [-0.05, 0) is 18.9 Å². The number of non-ortho nitro benzene ring substituents is 1. The lowest BCUT2D eigenvalue weighted by Gasteiger charge is -2.30. The number of Topliss-reactive ketones (excluding diaryl/α,β-unsaturated/α-hetero) is 1. The number of hydrogen-bond acceptors (Lipinski definition) is 7. The van der Waals surface area contributed by atoms with E-state index < -0.39 is 26.8 Å². The normalized spacial score (nSPS) is 15.4. The number of hydrogen-bond donors (Lipinski definition) is 0. The predicted molar refractivity (Wildman–Crippen MR) is 111 cm³/mol. The third kappa shape index (κ3) is 5.27. The molecule has 11 heteroatoms. The van der Waals surface area contributed by atoms with Crippen LogP contribution in [-0.4, -0.2) is 49.1 Å². The molecule has 3 rings (SSSR count). The van der Waals surface area contributed by atoms with Crippen molar-refractivity contribution in [1.29, 1.82) is 0 Å². The lowest BCUT2D eigenvalue weighted by atomic mass is 9.98. The first kappa shape index (κ1) is 22.9. The standard InChI is InChI=1S/C20H19ClN2O7S/c21-17-7-6-16(23(26)27)12-19(17)31(28,29)22-10-8-15(9-11-22)20(25)30-13-18(24)14-4-2-1-3-5-14/h1-7,12,15H,8-11,13H2. The molecule has 1 aliphatic rings. The monoisotopic (exact) mass is 466 g/mol. The maximum atomic E-state index is 12.9. The van der Waals surface area contributed by atoms with Crippen molar-refractivity contribution in [2.24, 2.45) is 5.92 Å². The molecule has 0 bridgehead atoms. The first-order valence-electron chi connectivity index (χ1n) is 9.39. The molecule has 0 amide bonds. The van der Waals surface area contributed by atoms with E-state index in [9.17, 15) is 28.1 Å². The van der Waals surface area contributed by atoms with Crippen molar-refractivity contribution in [3.63, 3.8) is 0 Å². The second kappa shape index (κ2) is 9.54. The van der Waals surface area contributed by atoms with Gasteiger partial charge >= 0.3 is 5.97 Å². The third-order valence-electron chi connectivity index (χ3n) is 4.97. The number of ether oxygens (including phenoxy) is 1. The van der Waals surface area contributed by atoms with Crippen LogP contribution in [0.3, 0.4) is 0 Å². The number of halogens is 1. The van der Waals surface area contributed by atoms with Gasteiger partial charge in [-0.25, -0.2) is 8.42 Å². The average molecular weight is 467 g/mol. The fraction of sp³-hybridized carbons (Fsp3) is 0.300. The van der Waals surface area contributed by atoms with Gasteiger partial charge in [0.25, 0.3) is 5.69 Å². The van der Waals surface area contributed by atoms with E-state index in [-0.39, 0.29) is 53.9 Å². The Morgan fingerprint density at radius 2 is 1.77 bits per heavy atom. The summed E-state index contributed by atoms with van der Waals surface area (Å²) in [7, 11) is -4.07. The summed E-state index contributed by atoms with van der Waals surface area (Å²) >= 11 is 5.97. The lowest BCUT2D eigenvalue weighted by molar-refractivity contribution is -0.385. The molecule has 0 aromatic heterocycles. The van der Waals surface area contributed by atoms with Gasteiger partial charge in [-0.1, -0.05) is 41.9 Å². The molecule has 0 atom stereocenters. The molecule has 0 aliphatic carbocycles. The van der Waals surface area contributed by atoms with E-state index >= 15 is 0 Å². The molecular formula is C20H19ClN2O7S. The van der Waals surface area contributed by atoms with Crippen LogP contribution in [0.25, 0.3) is 0 Å². The van der Waals surface area contributed by atoms with Crippen LogP contribution in [0.4, 0.5) is 5.69 Å². The Balaban J connectivity index is 1.60. The van der Waals surface area contributed by atoms with E-state index in [1.165, 1.54) is 6.07 Å². The SMILES string of the molecule is O=C(COC(=O)C1CCN(S(=O)(=O)c2cc([N+](=O)[O-])ccc2Cl)CC1)c1ccccc1. The number of benzene rings is 2. The fourth-order valence-corrected chi connectivity index (χ4v) is 5.20. The van der Waals surface area contributed by atoms with Gasteiger partial charge in [0.15, 0.2) is 12.4 Å². The number of nitro benzene ring substituents is 1. The summed E-state index contributed by atoms with van der Waals surface area (Å²) in [5, 5.41) is 10.8. The van der Waals surface area contributed by atoms with Crippen LogP contribution in [0.5, 0.6) is 0 Å². The molecule has 164 valence electrons. The van der Waals surface area contributed by atoms with E-state index in [2.05, 4.69) is 0 Å². The van der Waals surface area contributed by atoms with Gasteiger partial charge in [0, 0.05) is 30.8 Å². The van der Waals surface area contributed by atoms with Gasteiger partial charge in [-0.15, -0.1) is 0 Å². The Morgan fingerprint density at radius 1 is 1.13 bits per heavy atom. The smallest absolute Gasteiger partial charge is 0.309 e. The van der Waals surface area contributed by atoms with Gasteiger partial charge in [-0.3, -0.25) is 19.7 Å². The first-order chi connectivity index (χ1) is 14.7. The number of carbonyl (C=O) groups is 2. The predicted octanol–water partition coefficient (Wildman–Crippen LogP) is 3.08. The average Bonchev–Trinajstić information content (AvgIpc) is 2.77. The van der Waals surface area contributed by atoms with Crippen molar-refractivity contribution in [1.82, 2.24) is 4.31 Å². The van der Waals surface area contributed by atoms with Crippen molar-refractivity contribution < 1.29 is 27.7 Å². The number of piperidine rings is 1. The number of carbonyl (C=O) groups excluding carboxylic acids is 2. The van der Waals surface area contributed by atoms with Crippen molar-refractivity contribution in [3.05, 3.63) is 69.2 Å². The van der Waals surface area contributed by atoms with E-state index in [4.69, 9.17) is 16.3 Å². The minimum absolute atomic E-state index is 0.0216. The van der Waals surface area contributed by atoms with Gasteiger partial charge < -0.3 is 4.74 Å². The van der Waals surface area contributed by atoms with E-state index in [1.807, 2.05) is 0 Å². The van der Waals surface area contributed by atoms with Gasteiger partial charge in [0.1, 0.15) is 4.90 Å². The minimum Gasteiger partial charge on any atom is -0.457 e. The van der Waals surface area contributed by atoms with E-state index in [1.54, 1.807) is 30.3 Å². The molecule has 1 heterocycles. The Hall–Kier alpha value is -2.82. The Morgan fingerprint density at radius 3 is 2.39 bits per heavy atom. The molecule has 2 aromatic rings. The number of esters is 1. The Kier molecular flexibility index (Phi) is 7.04. The molecule has 1 aliphatic heterocycles. The molecule has 0 saturated carbocycles. The topological polar surface area (TPSA) is 124 Å². The second-order valence-corrected chi connectivity index (χ2v) is 9.26. The summed E-state index contributed by atoms with van der Waals surface area (Å²) in [6, 6.07) is 11.6. The summed E-state index contributed by atoms with van der Waals surface area (Å²) in [5.41, 5.74) is 0.0505. The maximum Gasteiger partial charge on any atom is 0.309 e. The molecule has 2 aromatic carbocycles. The molecular weight excluding hydrogens is 448 g/mol. The van der Waals surface area contributed by atoms with Crippen LogP contribution in [0.1, 0.15) is 23.2 Å². The molecule has 31 heavy (non-hydrogen) atoms. The largest absolute Gasteiger partial charge is 0.457 e. The van der Waals surface area contributed by atoms with Crippen LogP contribution < -0.4 is 0 Å². The molecule has 1 saturated heterocycles. The van der Waals surface area contributed by atoms with Crippen LogP contribution in [0, 0.1) is 16.0 Å². The summed E-state index contributed by atoms with van der Waals surface area (Å²) in [4.78, 5) is 34.3. The fourth-order valence-electron chi connectivity index (χ4n) is 3.24. The van der Waals surface area contributed by atoms with Gasteiger partial charge in [-0.2, -0.15) is 4.31 Å². The van der Waals surface area contributed by atoms with Crippen LogP contribution in [0.2, 0.25) is 5.02 Å². The van der Waals surface area contributed by atoms with Gasteiger partial charge in [0.2, 0.25) is 10.0 Å². The number of nitro groups is 1. The van der Waals surface area contributed by atoms with E-state index in [0.717, 1.165) is 16.4 Å². The van der Waals surface area contributed by atoms with Crippen molar-refractivity contribution >= 4 is 39.1 Å². The summed E-state index contributed by atoms with van der Waals surface area (Å²) in [5.74, 6) is -1.43. The van der Waals surface area contributed by atoms with Crippen molar-refractivity contribution in [3.8, 4) is 0 Å². The molecule has 0 unspecified atom stereocenters. The zero-order valence-corrected chi connectivity index (χ0v) is 17.8. The Bertz CT molecular complexity index is 1100. The highest BCUT2D eigenvalue weighted by Crippen LogP contribution is 2.31. The lowest BCUT2D eigenvalue weighted by Crippen LogP contribution is -2.40.